The summed E-state index contributed by atoms with van der Waals surface area (Å²) in [7, 11) is 0. The van der Waals surface area contributed by atoms with Crippen LogP contribution in [-0.4, -0.2) is 38.7 Å². The minimum atomic E-state index is 0.0766. The van der Waals surface area contributed by atoms with Crippen molar-refractivity contribution in [1.29, 1.82) is 0 Å². The Kier molecular flexibility index (Phi) is 4.06. The molecular weight excluding hydrogens is 312 g/mol. The third kappa shape index (κ3) is 3.05. The highest BCUT2D eigenvalue weighted by Crippen LogP contribution is 2.26. The standard InChI is InChI=1S/C20H20N4O/c1-15-5-7-17(19(13-15)24-12-4-9-22-24)18-8-6-16(14-21-18)20(25)23-10-2-3-11-23/h4-9,12-14H,2-3,10-11H2,1H3. The summed E-state index contributed by atoms with van der Waals surface area (Å²) >= 11 is 0. The van der Waals surface area contributed by atoms with Gasteiger partial charge < -0.3 is 4.90 Å². The van der Waals surface area contributed by atoms with E-state index in [9.17, 15) is 4.79 Å². The van der Waals surface area contributed by atoms with Gasteiger partial charge in [0.15, 0.2) is 0 Å². The zero-order chi connectivity index (χ0) is 17.2. The van der Waals surface area contributed by atoms with Crippen LogP contribution in [-0.2, 0) is 0 Å². The van der Waals surface area contributed by atoms with Gasteiger partial charge in [0.1, 0.15) is 0 Å². The molecule has 5 nitrogen and oxygen atoms in total. The van der Waals surface area contributed by atoms with Crippen LogP contribution in [0.2, 0.25) is 0 Å². The van der Waals surface area contributed by atoms with Gasteiger partial charge in [-0.2, -0.15) is 5.10 Å². The molecular formula is C20H20N4O. The number of aromatic nitrogens is 3. The summed E-state index contributed by atoms with van der Waals surface area (Å²) < 4.78 is 1.84. The molecule has 25 heavy (non-hydrogen) atoms. The van der Waals surface area contributed by atoms with Crippen LogP contribution >= 0.6 is 0 Å². The van der Waals surface area contributed by atoms with Crippen molar-refractivity contribution in [3.63, 3.8) is 0 Å². The Morgan fingerprint density at radius 2 is 1.96 bits per heavy atom. The first-order valence-electron chi connectivity index (χ1n) is 8.59. The second-order valence-corrected chi connectivity index (χ2v) is 6.40. The molecule has 0 radical (unpaired) electrons. The summed E-state index contributed by atoms with van der Waals surface area (Å²) in [4.78, 5) is 18.9. The predicted octanol–water partition coefficient (Wildman–Crippen LogP) is 3.48. The van der Waals surface area contributed by atoms with Crippen LogP contribution in [0.25, 0.3) is 16.9 Å². The number of rotatable bonds is 3. The van der Waals surface area contributed by atoms with Gasteiger partial charge in [0, 0.05) is 37.2 Å². The predicted molar refractivity (Wildman–Crippen MR) is 96.7 cm³/mol. The van der Waals surface area contributed by atoms with Crippen molar-refractivity contribution >= 4 is 5.91 Å². The number of hydrogen-bond acceptors (Lipinski definition) is 3. The average molecular weight is 332 g/mol. The van der Waals surface area contributed by atoms with E-state index in [2.05, 4.69) is 35.2 Å². The van der Waals surface area contributed by atoms with E-state index in [0.717, 1.165) is 48.4 Å². The Bertz CT molecular complexity index is 879. The third-order valence-electron chi connectivity index (χ3n) is 4.58. The maximum absolute atomic E-state index is 12.5. The fourth-order valence-corrected chi connectivity index (χ4v) is 3.24. The van der Waals surface area contributed by atoms with Crippen molar-refractivity contribution in [3.05, 3.63) is 66.1 Å². The normalized spacial score (nSPS) is 14.0. The molecule has 126 valence electrons. The number of likely N-dealkylation sites (tertiary alicyclic amines) is 1. The van der Waals surface area contributed by atoms with Crippen molar-refractivity contribution < 1.29 is 4.79 Å². The molecule has 1 aromatic carbocycles. The number of pyridine rings is 1. The van der Waals surface area contributed by atoms with E-state index in [0.29, 0.717) is 5.56 Å². The molecule has 0 unspecified atom stereocenters. The number of amides is 1. The molecule has 1 aliphatic rings. The fourth-order valence-electron chi connectivity index (χ4n) is 3.24. The highest BCUT2D eigenvalue weighted by Gasteiger charge is 2.20. The maximum Gasteiger partial charge on any atom is 0.255 e. The smallest absolute Gasteiger partial charge is 0.255 e. The minimum absolute atomic E-state index is 0.0766. The Labute approximate surface area is 146 Å². The van der Waals surface area contributed by atoms with E-state index in [1.165, 1.54) is 0 Å². The van der Waals surface area contributed by atoms with Crippen LogP contribution in [0.4, 0.5) is 0 Å². The topological polar surface area (TPSA) is 51.0 Å². The van der Waals surface area contributed by atoms with Gasteiger partial charge in [-0.25, -0.2) is 4.68 Å². The first kappa shape index (κ1) is 15.6. The molecule has 1 aliphatic heterocycles. The molecule has 0 saturated carbocycles. The van der Waals surface area contributed by atoms with Crippen LogP contribution in [0, 0.1) is 6.92 Å². The number of hydrogen-bond donors (Lipinski definition) is 0. The second-order valence-electron chi connectivity index (χ2n) is 6.40. The lowest BCUT2D eigenvalue weighted by molar-refractivity contribution is 0.0792. The van der Waals surface area contributed by atoms with Crippen LogP contribution in [0.15, 0.2) is 55.0 Å². The van der Waals surface area contributed by atoms with Gasteiger partial charge in [-0.05, 0) is 49.6 Å². The van der Waals surface area contributed by atoms with Gasteiger partial charge in [-0.1, -0.05) is 12.1 Å². The van der Waals surface area contributed by atoms with Gasteiger partial charge in [-0.15, -0.1) is 0 Å². The second kappa shape index (κ2) is 6.51. The van der Waals surface area contributed by atoms with E-state index in [1.807, 2.05) is 34.0 Å². The summed E-state index contributed by atoms with van der Waals surface area (Å²) in [5.74, 6) is 0.0766. The lowest BCUT2D eigenvalue weighted by Crippen LogP contribution is -2.27. The number of carbonyl (C=O) groups is 1. The molecule has 1 amide bonds. The van der Waals surface area contributed by atoms with Crippen LogP contribution in [0.3, 0.4) is 0 Å². The zero-order valence-electron chi connectivity index (χ0n) is 14.2. The Morgan fingerprint density at radius 1 is 1.12 bits per heavy atom. The lowest BCUT2D eigenvalue weighted by atomic mass is 10.1. The van der Waals surface area contributed by atoms with E-state index in [-0.39, 0.29) is 5.91 Å². The first-order chi connectivity index (χ1) is 12.2. The summed E-state index contributed by atoms with van der Waals surface area (Å²) in [5.41, 5.74) is 4.63. The maximum atomic E-state index is 12.5. The molecule has 2 aromatic heterocycles. The quantitative estimate of drug-likeness (QED) is 0.738. The van der Waals surface area contributed by atoms with Gasteiger partial charge in [0.2, 0.25) is 0 Å². The van der Waals surface area contributed by atoms with E-state index in [1.54, 1.807) is 12.4 Å². The Balaban J connectivity index is 1.68. The van der Waals surface area contributed by atoms with Crippen molar-refractivity contribution in [2.45, 2.75) is 19.8 Å². The largest absolute Gasteiger partial charge is 0.339 e. The molecule has 4 rings (SSSR count). The molecule has 5 heteroatoms. The molecule has 1 fully saturated rings. The van der Waals surface area contributed by atoms with E-state index in [4.69, 9.17) is 0 Å². The van der Waals surface area contributed by atoms with Gasteiger partial charge in [0.05, 0.1) is 16.9 Å². The third-order valence-corrected chi connectivity index (χ3v) is 4.58. The molecule has 3 heterocycles. The molecule has 3 aromatic rings. The average Bonchev–Trinajstić information content (AvgIpc) is 3.35. The summed E-state index contributed by atoms with van der Waals surface area (Å²) in [5, 5.41) is 4.34. The van der Waals surface area contributed by atoms with Crippen LogP contribution in [0.5, 0.6) is 0 Å². The van der Waals surface area contributed by atoms with Gasteiger partial charge >= 0.3 is 0 Å². The minimum Gasteiger partial charge on any atom is -0.339 e. The SMILES string of the molecule is Cc1ccc(-c2ccc(C(=O)N3CCCC3)cn2)c(-n2cccn2)c1. The number of aryl methyl sites for hydroxylation is 1. The van der Waals surface area contributed by atoms with Crippen molar-refractivity contribution in [1.82, 2.24) is 19.7 Å². The fraction of sp³-hybridized carbons (Fsp3) is 0.250. The van der Waals surface area contributed by atoms with Crippen LogP contribution in [0.1, 0.15) is 28.8 Å². The lowest BCUT2D eigenvalue weighted by Gasteiger charge is -2.15. The Hall–Kier alpha value is -2.95. The number of benzene rings is 1. The molecule has 0 bridgehead atoms. The molecule has 0 aliphatic carbocycles. The molecule has 0 spiro atoms. The molecule has 1 saturated heterocycles. The summed E-state index contributed by atoms with van der Waals surface area (Å²) in [6, 6.07) is 11.9. The van der Waals surface area contributed by atoms with Gasteiger partial charge in [-0.3, -0.25) is 9.78 Å². The summed E-state index contributed by atoms with van der Waals surface area (Å²) in [6.45, 7) is 3.76. The van der Waals surface area contributed by atoms with Crippen molar-refractivity contribution in [2.24, 2.45) is 0 Å². The van der Waals surface area contributed by atoms with Gasteiger partial charge in [0.25, 0.3) is 5.91 Å². The monoisotopic (exact) mass is 332 g/mol. The van der Waals surface area contributed by atoms with E-state index >= 15 is 0 Å². The van der Waals surface area contributed by atoms with Crippen LogP contribution < -0.4 is 0 Å². The molecule has 0 N–H and O–H groups in total. The zero-order valence-corrected chi connectivity index (χ0v) is 14.2. The number of carbonyl (C=O) groups excluding carboxylic acids is 1. The highest BCUT2D eigenvalue weighted by molar-refractivity contribution is 5.94. The Morgan fingerprint density at radius 3 is 2.64 bits per heavy atom. The highest BCUT2D eigenvalue weighted by atomic mass is 16.2. The van der Waals surface area contributed by atoms with E-state index < -0.39 is 0 Å². The van der Waals surface area contributed by atoms with Crippen molar-refractivity contribution in [2.75, 3.05) is 13.1 Å². The summed E-state index contributed by atoms with van der Waals surface area (Å²) in [6.07, 6.45) is 7.55. The first-order valence-corrected chi connectivity index (χ1v) is 8.59. The molecule has 0 atom stereocenters. The number of nitrogens with zero attached hydrogens (tertiary/aromatic N) is 4. The van der Waals surface area contributed by atoms with Crippen molar-refractivity contribution in [3.8, 4) is 16.9 Å².